The number of aromatic nitrogens is 3. The van der Waals surface area contributed by atoms with Crippen LogP contribution in [-0.2, 0) is 28.0 Å². The highest BCUT2D eigenvalue weighted by molar-refractivity contribution is 7.86. The molecule has 2 aromatic heterocycles. The quantitative estimate of drug-likeness (QED) is 0.574. The molecular formula is C25H30N6O4S. The Bertz CT molecular complexity index is 1460. The normalized spacial score (nSPS) is 21.7. The molecule has 1 atom stereocenters. The van der Waals surface area contributed by atoms with Crippen LogP contribution in [0.3, 0.4) is 0 Å². The predicted molar refractivity (Wildman–Crippen MR) is 134 cm³/mol. The zero-order valence-corrected chi connectivity index (χ0v) is 20.9. The maximum Gasteiger partial charge on any atom is 0.281 e. The molecule has 1 aromatic carbocycles. The van der Waals surface area contributed by atoms with Gasteiger partial charge in [0.05, 0.1) is 23.9 Å². The number of H-pyrrole nitrogens is 1. The highest BCUT2D eigenvalue weighted by Crippen LogP contribution is 2.27. The van der Waals surface area contributed by atoms with Crippen molar-refractivity contribution in [2.45, 2.75) is 38.6 Å². The first-order valence-electron chi connectivity index (χ1n) is 12.6. The Morgan fingerprint density at radius 2 is 1.75 bits per heavy atom. The number of benzene rings is 1. The van der Waals surface area contributed by atoms with Crippen LogP contribution in [0.1, 0.15) is 36.9 Å². The standard InChI is InChI=1S/C25H30N6O4S/c32-24(19-9-6-13-30(16-19)36(34,35)29-11-4-5-12-29)28-14-10-20-22(17-28)26-23-15-21(27-31(23)25(20)33)18-7-2-1-3-8-18/h1-3,7-8,15,19,27H,4-6,9-14,16-17H2/t19-/m0/s1. The highest BCUT2D eigenvalue weighted by Gasteiger charge is 2.38. The van der Waals surface area contributed by atoms with Crippen LogP contribution in [0, 0.1) is 5.92 Å². The first kappa shape index (κ1) is 23.4. The molecule has 10 nitrogen and oxygen atoms in total. The molecule has 0 spiro atoms. The second-order valence-corrected chi connectivity index (χ2v) is 11.8. The van der Waals surface area contributed by atoms with Crippen LogP contribution in [-0.4, -0.2) is 75.2 Å². The average molecular weight is 511 g/mol. The van der Waals surface area contributed by atoms with E-state index in [0.717, 1.165) is 24.1 Å². The van der Waals surface area contributed by atoms with Gasteiger partial charge in [0.2, 0.25) is 5.91 Å². The summed E-state index contributed by atoms with van der Waals surface area (Å²) >= 11 is 0. The highest BCUT2D eigenvalue weighted by atomic mass is 32.2. The van der Waals surface area contributed by atoms with Gasteiger partial charge in [0.25, 0.3) is 15.8 Å². The van der Waals surface area contributed by atoms with Gasteiger partial charge >= 0.3 is 0 Å². The molecule has 2 saturated heterocycles. The molecule has 0 aliphatic carbocycles. The summed E-state index contributed by atoms with van der Waals surface area (Å²) in [5, 5.41) is 3.15. The second kappa shape index (κ2) is 9.13. The minimum Gasteiger partial charge on any atom is -0.336 e. The van der Waals surface area contributed by atoms with E-state index in [4.69, 9.17) is 4.98 Å². The minimum atomic E-state index is -3.52. The Kier molecular flexibility index (Phi) is 5.93. The third-order valence-electron chi connectivity index (χ3n) is 7.61. The summed E-state index contributed by atoms with van der Waals surface area (Å²) in [7, 11) is -3.52. The lowest BCUT2D eigenvalue weighted by Gasteiger charge is -2.37. The summed E-state index contributed by atoms with van der Waals surface area (Å²) in [5.74, 6) is -0.428. The largest absolute Gasteiger partial charge is 0.336 e. The topological polar surface area (TPSA) is 111 Å². The molecule has 0 bridgehead atoms. The van der Waals surface area contributed by atoms with E-state index >= 15 is 0 Å². The van der Waals surface area contributed by atoms with E-state index < -0.39 is 10.2 Å². The molecule has 0 saturated carbocycles. The van der Waals surface area contributed by atoms with Gasteiger partial charge in [-0.15, -0.1) is 0 Å². The summed E-state index contributed by atoms with van der Waals surface area (Å²) in [6.07, 6.45) is 3.53. The number of aromatic amines is 1. The molecule has 0 unspecified atom stereocenters. The first-order chi connectivity index (χ1) is 17.4. The molecule has 36 heavy (non-hydrogen) atoms. The SMILES string of the molecule is O=C([C@H]1CCCN(S(=O)(=O)N2CCCC2)C1)N1CCc2c(nc3cc(-c4ccccc4)[nH]n3c2=O)C1. The van der Waals surface area contributed by atoms with Crippen LogP contribution in [0.15, 0.2) is 41.2 Å². The number of carbonyl (C=O) groups is 1. The van der Waals surface area contributed by atoms with Gasteiger partial charge in [-0.2, -0.15) is 17.0 Å². The fourth-order valence-corrected chi connectivity index (χ4v) is 7.42. The van der Waals surface area contributed by atoms with Crippen molar-refractivity contribution in [1.29, 1.82) is 0 Å². The lowest BCUT2D eigenvalue weighted by atomic mass is 9.96. The van der Waals surface area contributed by atoms with Gasteiger partial charge in [-0.25, -0.2) is 9.50 Å². The summed E-state index contributed by atoms with van der Waals surface area (Å²) in [6.45, 7) is 2.48. The van der Waals surface area contributed by atoms with Crippen molar-refractivity contribution in [2.75, 3.05) is 32.7 Å². The van der Waals surface area contributed by atoms with Crippen molar-refractivity contribution in [1.82, 2.24) is 28.1 Å². The summed E-state index contributed by atoms with van der Waals surface area (Å²) in [6, 6.07) is 11.6. The second-order valence-electron chi connectivity index (χ2n) is 9.89. The third-order valence-corrected chi connectivity index (χ3v) is 9.62. The van der Waals surface area contributed by atoms with E-state index in [0.29, 0.717) is 62.3 Å². The molecule has 3 aliphatic heterocycles. The zero-order chi connectivity index (χ0) is 24.9. The maximum absolute atomic E-state index is 13.5. The van der Waals surface area contributed by atoms with Crippen LogP contribution in [0.5, 0.6) is 0 Å². The molecule has 190 valence electrons. The summed E-state index contributed by atoms with van der Waals surface area (Å²) in [4.78, 5) is 33.1. The zero-order valence-electron chi connectivity index (χ0n) is 20.1. The number of carbonyl (C=O) groups excluding carboxylic acids is 1. The van der Waals surface area contributed by atoms with Crippen molar-refractivity contribution in [3.05, 3.63) is 58.0 Å². The molecule has 11 heteroatoms. The van der Waals surface area contributed by atoms with Crippen LogP contribution >= 0.6 is 0 Å². The van der Waals surface area contributed by atoms with Crippen LogP contribution in [0.2, 0.25) is 0 Å². The Hall–Kier alpha value is -3.02. The predicted octanol–water partition coefficient (Wildman–Crippen LogP) is 1.63. The number of hydrogen-bond acceptors (Lipinski definition) is 5. The van der Waals surface area contributed by atoms with E-state index in [-0.39, 0.29) is 30.5 Å². The molecule has 0 radical (unpaired) electrons. The Morgan fingerprint density at radius 1 is 1.00 bits per heavy atom. The van der Waals surface area contributed by atoms with Gasteiger partial charge in [0.15, 0.2) is 5.65 Å². The smallest absolute Gasteiger partial charge is 0.281 e. The monoisotopic (exact) mass is 510 g/mol. The Labute approximate surface area is 209 Å². The van der Waals surface area contributed by atoms with Gasteiger partial charge in [-0.3, -0.25) is 14.7 Å². The van der Waals surface area contributed by atoms with E-state index in [1.165, 1.54) is 8.82 Å². The fourth-order valence-electron chi connectivity index (χ4n) is 5.64. The molecule has 3 aromatic rings. The molecule has 3 aliphatic rings. The first-order valence-corrected chi connectivity index (χ1v) is 14.0. The third kappa shape index (κ3) is 4.04. The number of amides is 1. The van der Waals surface area contributed by atoms with E-state index in [1.807, 2.05) is 36.4 Å². The molecular weight excluding hydrogens is 480 g/mol. The summed E-state index contributed by atoms with van der Waals surface area (Å²) < 4.78 is 30.6. The van der Waals surface area contributed by atoms with Gasteiger partial charge in [-0.1, -0.05) is 30.3 Å². The van der Waals surface area contributed by atoms with Crippen molar-refractivity contribution in [2.24, 2.45) is 5.92 Å². The van der Waals surface area contributed by atoms with E-state index in [2.05, 4.69) is 5.10 Å². The number of nitrogens with zero attached hydrogens (tertiary/aromatic N) is 5. The van der Waals surface area contributed by atoms with Gasteiger partial charge in [-0.05, 0) is 37.7 Å². The Morgan fingerprint density at radius 3 is 2.53 bits per heavy atom. The van der Waals surface area contributed by atoms with Crippen LogP contribution < -0.4 is 5.56 Å². The van der Waals surface area contributed by atoms with Crippen molar-refractivity contribution >= 4 is 21.8 Å². The number of piperidine rings is 1. The molecule has 1 N–H and O–H groups in total. The number of fused-ring (bicyclic) bond motifs is 2. The number of nitrogens with one attached hydrogen (secondary N) is 1. The molecule has 2 fully saturated rings. The Balaban J connectivity index is 1.22. The number of rotatable bonds is 4. The van der Waals surface area contributed by atoms with Crippen molar-refractivity contribution < 1.29 is 13.2 Å². The van der Waals surface area contributed by atoms with Crippen molar-refractivity contribution in [3.63, 3.8) is 0 Å². The van der Waals surface area contributed by atoms with E-state index in [9.17, 15) is 18.0 Å². The van der Waals surface area contributed by atoms with E-state index in [1.54, 1.807) is 9.21 Å². The van der Waals surface area contributed by atoms with Crippen molar-refractivity contribution in [3.8, 4) is 11.3 Å². The lowest BCUT2D eigenvalue weighted by molar-refractivity contribution is -0.137. The average Bonchev–Trinajstić information content (AvgIpc) is 3.60. The van der Waals surface area contributed by atoms with Gasteiger partial charge < -0.3 is 4.90 Å². The minimum absolute atomic E-state index is 0.0528. The fraction of sp³-hybridized carbons (Fsp3) is 0.480. The maximum atomic E-state index is 13.5. The van der Waals surface area contributed by atoms with Gasteiger partial charge in [0, 0.05) is 44.4 Å². The lowest BCUT2D eigenvalue weighted by Crippen LogP contribution is -2.51. The molecule has 5 heterocycles. The van der Waals surface area contributed by atoms with Crippen LogP contribution in [0.4, 0.5) is 0 Å². The molecule has 1 amide bonds. The van der Waals surface area contributed by atoms with Crippen LogP contribution in [0.25, 0.3) is 16.9 Å². The molecule has 6 rings (SSSR count). The van der Waals surface area contributed by atoms with Gasteiger partial charge in [0.1, 0.15) is 0 Å². The summed E-state index contributed by atoms with van der Waals surface area (Å²) in [5.41, 5.74) is 3.40. The number of hydrogen-bond donors (Lipinski definition) is 1.